The first kappa shape index (κ1) is 25.2. The number of carbonyl (C=O) groups excluding carboxylic acids is 3. The van der Waals surface area contributed by atoms with Crippen molar-refractivity contribution in [2.24, 2.45) is 0 Å². The number of methoxy groups -OCH3 is 1. The molecular weight excluding hydrogens is 456 g/mol. The van der Waals surface area contributed by atoms with Gasteiger partial charge in [-0.1, -0.05) is 6.92 Å². The molecule has 0 bridgehead atoms. The molecule has 5 atom stereocenters. The van der Waals surface area contributed by atoms with Gasteiger partial charge in [0.15, 0.2) is 11.5 Å². The highest BCUT2D eigenvalue weighted by molar-refractivity contribution is 5.96. The number of aliphatic hydroxyl groups excluding tert-OH is 2. The van der Waals surface area contributed by atoms with Crippen molar-refractivity contribution in [2.75, 3.05) is 33.4 Å². The third kappa shape index (κ3) is 4.78. The maximum absolute atomic E-state index is 13.2. The zero-order chi connectivity index (χ0) is 25.1. The van der Waals surface area contributed by atoms with Crippen molar-refractivity contribution in [1.29, 1.82) is 0 Å². The van der Waals surface area contributed by atoms with Crippen molar-refractivity contribution in [2.45, 2.75) is 56.5 Å². The number of benzene rings is 1. The predicted molar refractivity (Wildman–Crippen MR) is 124 cm³/mol. The number of hydrogen-bond acceptors (Lipinski definition) is 8. The van der Waals surface area contributed by atoms with Crippen LogP contribution in [0.1, 0.15) is 48.0 Å². The Kier molecular flexibility index (Phi) is 7.73. The summed E-state index contributed by atoms with van der Waals surface area (Å²) in [6.07, 6.45) is 2.04. The van der Waals surface area contributed by atoms with E-state index in [0.29, 0.717) is 47.6 Å². The SMILES string of the molecule is CCC(=O)N(CC1CCCO1)C1C=C(C(=O)NCCO)C2c3cc(C=O)cc(OC)c3OC2C1O. The summed E-state index contributed by atoms with van der Waals surface area (Å²) in [6, 6.07) is 2.33. The summed E-state index contributed by atoms with van der Waals surface area (Å²) in [7, 11) is 1.45. The lowest BCUT2D eigenvalue weighted by Gasteiger charge is -2.41. The molecule has 10 nitrogen and oxygen atoms in total. The van der Waals surface area contributed by atoms with Crippen LogP contribution in [-0.2, 0) is 14.3 Å². The molecule has 2 amide bonds. The van der Waals surface area contributed by atoms with Crippen molar-refractivity contribution < 1.29 is 38.8 Å². The summed E-state index contributed by atoms with van der Waals surface area (Å²) in [5.41, 5.74) is 1.19. The minimum absolute atomic E-state index is 0.0414. The zero-order valence-electron chi connectivity index (χ0n) is 19.9. The Morgan fingerprint density at radius 2 is 2.14 bits per heavy atom. The molecular formula is C25H32N2O8. The Morgan fingerprint density at radius 1 is 1.34 bits per heavy atom. The lowest BCUT2D eigenvalue weighted by Crippen LogP contribution is -2.57. The van der Waals surface area contributed by atoms with Crippen LogP contribution in [0.25, 0.3) is 0 Å². The second kappa shape index (κ2) is 10.8. The zero-order valence-corrected chi connectivity index (χ0v) is 19.9. The average molecular weight is 489 g/mol. The van der Waals surface area contributed by atoms with Gasteiger partial charge in [-0.25, -0.2) is 0 Å². The number of hydrogen-bond donors (Lipinski definition) is 3. The Morgan fingerprint density at radius 3 is 2.77 bits per heavy atom. The van der Waals surface area contributed by atoms with Gasteiger partial charge in [-0.15, -0.1) is 0 Å². The Hall–Kier alpha value is -2.95. The molecule has 190 valence electrons. The first-order valence-electron chi connectivity index (χ1n) is 12.0. The van der Waals surface area contributed by atoms with Crippen molar-refractivity contribution in [1.82, 2.24) is 10.2 Å². The van der Waals surface area contributed by atoms with Crippen molar-refractivity contribution in [3.63, 3.8) is 0 Å². The van der Waals surface area contributed by atoms with E-state index in [9.17, 15) is 24.6 Å². The number of nitrogens with zero attached hydrogens (tertiary/aromatic N) is 1. The van der Waals surface area contributed by atoms with Gasteiger partial charge in [0, 0.05) is 42.8 Å². The molecule has 0 aromatic heterocycles. The molecule has 2 aliphatic heterocycles. The lowest BCUT2D eigenvalue weighted by atomic mass is 9.77. The number of aldehydes is 1. The monoisotopic (exact) mass is 488 g/mol. The fourth-order valence-corrected chi connectivity index (χ4v) is 5.16. The van der Waals surface area contributed by atoms with Gasteiger partial charge >= 0.3 is 0 Å². The fraction of sp³-hybridized carbons (Fsp3) is 0.560. The molecule has 1 saturated heterocycles. The quantitative estimate of drug-likeness (QED) is 0.429. The minimum atomic E-state index is -1.15. The molecule has 1 fully saturated rings. The second-order valence-electron chi connectivity index (χ2n) is 8.94. The van der Waals surface area contributed by atoms with E-state index >= 15 is 0 Å². The summed E-state index contributed by atoms with van der Waals surface area (Å²) >= 11 is 0. The largest absolute Gasteiger partial charge is 0.493 e. The molecule has 4 rings (SSSR count). The van der Waals surface area contributed by atoms with Gasteiger partial charge in [-0.05, 0) is 31.1 Å². The maximum atomic E-state index is 13.2. The molecule has 35 heavy (non-hydrogen) atoms. The molecule has 2 heterocycles. The molecule has 5 unspecified atom stereocenters. The van der Waals surface area contributed by atoms with E-state index in [1.165, 1.54) is 13.2 Å². The van der Waals surface area contributed by atoms with Crippen molar-refractivity contribution in [3.8, 4) is 11.5 Å². The predicted octanol–water partition coefficient (Wildman–Crippen LogP) is 0.548. The van der Waals surface area contributed by atoms with E-state index in [0.717, 1.165) is 12.8 Å². The average Bonchev–Trinajstić information content (AvgIpc) is 3.53. The van der Waals surface area contributed by atoms with Crippen LogP contribution in [0.5, 0.6) is 11.5 Å². The smallest absolute Gasteiger partial charge is 0.247 e. The van der Waals surface area contributed by atoms with Gasteiger partial charge in [0.25, 0.3) is 0 Å². The third-order valence-electron chi connectivity index (χ3n) is 6.82. The highest BCUT2D eigenvalue weighted by Gasteiger charge is 2.51. The minimum Gasteiger partial charge on any atom is -0.493 e. The summed E-state index contributed by atoms with van der Waals surface area (Å²) < 4.78 is 17.3. The van der Waals surface area contributed by atoms with Crippen molar-refractivity contribution >= 4 is 18.1 Å². The number of rotatable bonds is 9. The lowest BCUT2D eigenvalue weighted by molar-refractivity contribution is -0.139. The Labute approximate surface area is 203 Å². The summed E-state index contributed by atoms with van der Waals surface area (Å²) in [5.74, 6) is -0.644. The van der Waals surface area contributed by atoms with Crippen LogP contribution >= 0.6 is 0 Å². The standard InChI is InChI=1S/C25H32N2O8/c1-3-20(30)27(12-15-5-4-8-34-15)18-11-17(25(32)26-6-7-28)21-16-9-14(13-29)10-19(33-2)23(16)35-24(21)22(18)31/h9-11,13,15,18,21-22,24,28,31H,3-8,12H2,1-2H3,(H,26,32). The molecule has 3 aliphatic rings. The Balaban J connectivity index is 1.78. The van der Waals surface area contributed by atoms with E-state index in [2.05, 4.69) is 5.32 Å². The summed E-state index contributed by atoms with van der Waals surface area (Å²) in [5, 5.41) is 23.4. The van der Waals surface area contributed by atoms with Gasteiger partial charge in [-0.3, -0.25) is 14.4 Å². The van der Waals surface area contributed by atoms with Crippen LogP contribution in [0.2, 0.25) is 0 Å². The van der Waals surface area contributed by atoms with Gasteiger partial charge in [0.2, 0.25) is 11.8 Å². The van der Waals surface area contributed by atoms with Gasteiger partial charge < -0.3 is 34.6 Å². The molecule has 1 aromatic carbocycles. The van der Waals surface area contributed by atoms with E-state index in [1.54, 1.807) is 24.0 Å². The van der Waals surface area contributed by atoms with Gasteiger partial charge in [0.05, 0.1) is 31.8 Å². The summed E-state index contributed by atoms with van der Waals surface area (Å²) in [4.78, 5) is 39.3. The second-order valence-corrected chi connectivity index (χ2v) is 8.94. The van der Waals surface area contributed by atoms with Gasteiger partial charge in [-0.2, -0.15) is 0 Å². The van der Waals surface area contributed by atoms with Crippen LogP contribution in [0.3, 0.4) is 0 Å². The number of fused-ring (bicyclic) bond motifs is 3. The molecule has 3 N–H and O–H groups in total. The highest BCUT2D eigenvalue weighted by Crippen LogP contribution is 2.51. The van der Waals surface area contributed by atoms with Crippen LogP contribution < -0.4 is 14.8 Å². The van der Waals surface area contributed by atoms with Crippen molar-refractivity contribution in [3.05, 3.63) is 34.9 Å². The normalized spacial score (nSPS) is 26.7. The van der Waals surface area contributed by atoms with Crippen LogP contribution in [-0.4, -0.2) is 91.0 Å². The van der Waals surface area contributed by atoms with E-state index in [4.69, 9.17) is 14.2 Å². The number of ether oxygens (including phenoxy) is 3. The first-order chi connectivity index (χ1) is 16.9. The highest BCUT2D eigenvalue weighted by atomic mass is 16.5. The van der Waals surface area contributed by atoms with Crippen LogP contribution in [0, 0.1) is 0 Å². The van der Waals surface area contributed by atoms with Crippen LogP contribution in [0.4, 0.5) is 0 Å². The Bertz CT molecular complexity index is 1000. The molecule has 0 radical (unpaired) electrons. The van der Waals surface area contributed by atoms with E-state index < -0.39 is 30.1 Å². The molecule has 0 spiro atoms. The molecule has 0 saturated carbocycles. The number of carbonyl (C=O) groups is 3. The van der Waals surface area contributed by atoms with E-state index in [1.807, 2.05) is 0 Å². The van der Waals surface area contributed by atoms with Gasteiger partial charge in [0.1, 0.15) is 18.5 Å². The topological polar surface area (TPSA) is 135 Å². The third-order valence-corrected chi connectivity index (χ3v) is 6.82. The molecule has 10 heteroatoms. The van der Waals surface area contributed by atoms with E-state index in [-0.39, 0.29) is 31.6 Å². The fourth-order valence-electron chi connectivity index (χ4n) is 5.16. The first-order valence-corrected chi connectivity index (χ1v) is 12.0. The number of aliphatic hydroxyl groups is 2. The number of amides is 2. The number of nitrogens with one attached hydrogen (secondary N) is 1. The van der Waals surface area contributed by atoms with Crippen LogP contribution in [0.15, 0.2) is 23.8 Å². The molecule has 1 aliphatic carbocycles. The molecule has 1 aromatic rings. The maximum Gasteiger partial charge on any atom is 0.247 e. The summed E-state index contributed by atoms with van der Waals surface area (Å²) in [6.45, 7) is 2.46.